The smallest absolute Gasteiger partial charge is 0.244 e. The number of carbonyl (C=O) groups excluding carboxylic acids is 1. The van der Waals surface area contributed by atoms with Gasteiger partial charge in [-0.1, -0.05) is 24.2 Å². The molecule has 3 rings (SSSR count). The minimum atomic E-state index is -0.518. The van der Waals surface area contributed by atoms with Crippen molar-refractivity contribution in [3.05, 3.63) is 16.7 Å². The van der Waals surface area contributed by atoms with Crippen LogP contribution in [-0.4, -0.2) is 54.4 Å². The van der Waals surface area contributed by atoms with Crippen LogP contribution in [0.15, 0.2) is 15.8 Å². The summed E-state index contributed by atoms with van der Waals surface area (Å²) in [6, 6.07) is 1.95. The van der Waals surface area contributed by atoms with Gasteiger partial charge in [-0.2, -0.15) is 4.91 Å². The van der Waals surface area contributed by atoms with Crippen molar-refractivity contribution in [2.75, 3.05) is 31.6 Å². The van der Waals surface area contributed by atoms with Gasteiger partial charge in [-0.15, -0.1) is 0 Å². The number of amides is 1. The molecule has 0 bridgehead atoms. The van der Waals surface area contributed by atoms with Gasteiger partial charge in [-0.25, -0.2) is 0 Å². The van der Waals surface area contributed by atoms with Crippen LogP contribution in [0.25, 0.3) is 0 Å². The molecular weight excluding hydrogens is 324 g/mol. The molecule has 3 heterocycles. The molecule has 0 aliphatic carbocycles. The maximum atomic E-state index is 12.7. The highest BCUT2D eigenvalue weighted by Crippen LogP contribution is 2.28. The number of likely N-dealkylation sites (tertiary alicyclic amines) is 1. The SMILES string of the molecule is CC(C)(CN=O)c1cc(NC(=O)C2CCCN2C2CCOCC2)on1. The molecule has 2 fully saturated rings. The second kappa shape index (κ2) is 7.61. The first-order valence-electron chi connectivity index (χ1n) is 8.92. The molecule has 2 aliphatic heterocycles. The summed E-state index contributed by atoms with van der Waals surface area (Å²) in [6.07, 6.45) is 3.83. The number of carbonyl (C=O) groups is 1. The van der Waals surface area contributed by atoms with Gasteiger partial charge in [0.05, 0.1) is 18.3 Å². The second-order valence-electron chi connectivity index (χ2n) is 7.48. The summed E-state index contributed by atoms with van der Waals surface area (Å²) in [6.45, 7) is 6.31. The monoisotopic (exact) mass is 350 g/mol. The first-order valence-corrected chi connectivity index (χ1v) is 8.92. The molecule has 8 nitrogen and oxygen atoms in total. The number of aromatic nitrogens is 1. The number of nitrogens with zero attached hydrogens (tertiary/aromatic N) is 3. The van der Waals surface area contributed by atoms with Gasteiger partial charge in [0.15, 0.2) is 0 Å². The predicted octanol–water partition coefficient (Wildman–Crippen LogP) is 2.30. The normalized spacial score (nSPS) is 22.9. The molecule has 0 radical (unpaired) electrons. The molecular formula is C17H26N4O4. The van der Waals surface area contributed by atoms with Gasteiger partial charge in [0.1, 0.15) is 0 Å². The maximum absolute atomic E-state index is 12.7. The van der Waals surface area contributed by atoms with Crippen molar-refractivity contribution < 1.29 is 14.1 Å². The number of hydrogen-bond donors (Lipinski definition) is 1. The van der Waals surface area contributed by atoms with Crippen molar-refractivity contribution in [2.45, 2.75) is 57.0 Å². The number of anilines is 1. The van der Waals surface area contributed by atoms with E-state index in [1.54, 1.807) is 6.07 Å². The quantitative estimate of drug-likeness (QED) is 0.791. The lowest BCUT2D eigenvalue weighted by Crippen LogP contribution is -2.47. The van der Waals surface area contributed by atoms with Crippen molar-refractivity contribution >= 4 is 11.8 Å². The molecule has 2 saturated heterocycles. The number of hydrogen-bond acceptors (Lipinski definition) is 7. The van der Waals surface area contributed by atoms with E-state index in [-0.39, 0.29) is 18.5 Å². The zero-order valence-electron chi connectivity index (χ0n) is 14.9. The Labute approximate surface area is 147 Å². The van der Waals surface area contributed by atoms with Crippen LogP contribution in [0.4, 0.5) is 5.88 Å². The van der Waals surface area contributed by atoms with Gasteiger partial charge in [0.25, 0.3) is 0 Å². The minimum Gasteiger partial charge on any atom is -0.381 e. The van der Waals surface area contributed by atoms with Crippen molar-refractivity contribution in [3.63, 3.8) is 0 Å². The van der Waals surface area contributed by atoms with E-state index in [1.165, 1.54) is 0 Å². The molecule has 1 atom stereocenters. The van der Waals surface area contributed by atoms with Crippen LogP contribution in [-0.2, 0) is 14.9 Å². The first kappa shape index (κ1) is 18.0. The molecule has 0 spiro atoms. The van der Waals surface area contributed by atoms with Crippen LogP contribution in [0.3, 0.4) is 0 Å². The third kappa shape index (κ3) is 4.07. The van der Waals surface area contributed by atoms with E-state index in [9.17, 15) is 9.70 Å². The Balaban J connectivity index is 1.63. The van der Waals surface area contributed by atoms with Gasteiger partial charge < -0.3 is 9.26 Å². The van der Waals surface area contributed by atoms with Crippen LogP contribution < -0.4 is 5.32 Å². The average Bonchev–Trinajstić information content (AvgIpc) is 3.25. The molecule has 138 valence electrons. The topological polar surface area (TPSA) is 97.0 Å². The molecule has 0 saturated carbocycles. The molecule has 0 aromatic carbocycles. The van der Waals surface area contributed by atoms with Crippen LogP contribution >= 0.6 is 0 Å². The lowest BCUT2D eigenvalue weighted by molar-refractivity contribution is -0.121. The van der Waals surface area contributed by atoms with Crippen molar-refractivity contribution in [3.8, 4) is 0 Å². The van der Waals surface area contributed by atoms with E-state index in [4.69, 9.17) is 9.26 Å². The predicted molar refractivity (Wildman–Crippen MR) is 92.4 cm³/mol. The molecule has 2 aliphatic rings. The summed E-state index contributed by atoms with van der Waals surface area (Å²) in [4.78, 5) is 25.6. The van der Waals surface area contributed by atoms with E-state index in [0.717, 1.165) is 45.4 Å². The summed E-state index contributed by atoms with van der Waals surface area (Å²) in [7, 11) is 0. The third-order valence-electron chi connectivity index (χ3n) is 5.17. The van der Waals surface area contributed by atoms with E-state index in [2.05, 4.69) is 20.6 Å². The summed E-state index contributed by atoms with van der Waals surface area (Å²) in [5, 5.41) is 9.76. The molecule has 25 heavy (non-hydrogen) atoms. The van der Waals surface area contributed by atoms with Crippen molar-refractivity contribution in [1.82, 2.24) is 10.1 Å². The second-order valence-corrected chi connectivity index (χ2v) is 7.48. The van der Waals surface area contributed by atoms with Crippen molar-refractivity contribution in [1.29, 1.82) is 0 Å². The summed E-state index contributed by atoms with van der Waals surface area (Å²) >= 11 is 0. The fourth-order valence-corrected chi connectivity index (χ4v) is 3.62. The standard InChI is InChI=1S/C17H26N4O4/c1-17(2,11-18-23)14-10-15(25-20-14)19-16(22)13-4-3-7-21(13)12-5-8-24-9-6-12/h10,12-13H,3-9,11H2,1-2H3,(H,19,22). The Morgan fingerprint density at radius 3 is 2.88 bits per heavy atom. The first-order chi connectivity index (χ1) is 12.0. The average molecular weight is 350 g/mol. The highest BCUT2D eigenvalue weighted by Gasteiger charge is 2.36. The van der Waals surface area contributed by atoms with Crippen molar-refractivity contribution in [2.24, 2.45) is 5.18 Å². The number of ether oxygens (including phenoxy) is 1. The van der Waals surface area contributed by atoms with Crippen LogP contribution in [0.2, 0.25) is 0 Å². The van der Waals surface area contributed by atoms with E-state index < -0.39 is 5.41 Å². The van der Waals surface area contributed by atoms with Gasteiger partial charge in [-0.3, -0.25) is 15.0 Å². The van der Waals surface area contributed by atoms with Gasteiger partial charge in [-0.05, 0) is 32.2 Å². The zero-order chi connectivity index (χ0) is 17.9. The Hall–Kier alpha value is -1.80. The Kier molecular flexibility index (Phi) is 5.48. The highest BCUT2D eigenvalue weighted by molar-refractivity contribution is 5.94. The van der Waals surface area contributed by atoms with E-state index in [0.29, 0.717) is 17.6 Å². The molecule has 1 aromatic rings. The molecule has 1 unspecified atom stereocenters. The lowest BCUT2D eigenvalue weighted by atomic mass is 9.90. The van der Waals surface area contributed by atoms with Gasteiger partial charge >= 0.3 is 0 Å². The fourth-order valence-electron chi connectivity index (χ4n) is 3.62. The summed E-state index contributed by atoms with van der Waals surface area (Å²) < 4.78 is 10.7. The third-order valence-corrected chi connectivity index (χ3v) is 5.17. The van der Waals surface area contributed by atoms with Gasteiger partial charge in [0.2, 0.25) is 11.8 Å². The highest BCUT2D eigenvalue weighted by atomic mass is 16.5. The zero-order valence-corrected chi connectivity index (χ0v) is 14.9. The summed E-state index contributed by atoms with van der Waals surface area (Å²) in [5.41, 5.74) is 0.0884. The molecule has 1 aromatic heterocycles. The van der Waals surface area contributed by atoms with Crippen LogP contribution in [0.5, 0.6) is 0 Å². The van der Waals surface area contributed by atoms with Crippen LogP contribution in [0.1, 0.15) is 45.2 Å². The Bertz CT molecular complexity index is 610. The van der Waals surface area contributed by atoms with E-state index >= 15 is 0 Å². The Morgan fingerprint density at radius 2 is 2.16 bits per heavy atom. The molecule has 1 N–H and O–H groups in total. The number of nitrogens with one attached hydrogen (secondary N) is 1. The van der Waals surface area contributed by atoms with Crippen LogP contribution in [0, 0.1) is 4.91 Å². The number of nitroso groups, excluding NO2 is 1. The lowest BCUT2D eigenvalue weighted by Gasteiger charge is -2.34. The fraction of sp³-hybridized carbons (Fsp3) is 0.765. The summed E-state index contributed by atoms with van der Waals surface area (Å²) in [5.74, 6) is 0.260. The Morgan fingerprint density at radius 1 is 1.40 bits per heavy atom. The van der Waals surface area contributed by atoms with E-state index in [1.807, 2.05) is 13.8 Å². The minimum absolute atomic E-state index is 0.0574. The largest absolute Gasteiger partial charge is 0.381 e. The number of rotatable bonds is 6. The maximum Gasteiger partial charge on any atom is 0.244 e. The molecule has 1 amide bonds. The van der Waals surface area contributed by atoms with Gasteiger partial charge in [0, 0.05) is 30.7 Å². The molecule has 8 heteroatoms.